The van der Waals surface area contributed by atoms with E-state index in [-0.39, 0.29) is 16.2 Å². The number of halogens is 1. The van der Waals surface area contributed by atoms with Crippen LogP contribution >= 0.6 is 11.6 Å². The predicted octanol–water partition coefficient (Wildman–Crippen LogP) is 2.42. The number of rotatable bonds is 5. The van der Waals surface area contributed by atoms with E-state index in [2.05, 4.69) is 5.10 Å². The van der Waals surface area contributed by atoms with Gasteiger partial charge in [-0.2, -0.15) is 13.5 Å². The number of hydrazone groups is 1. The summed E-state index contributed by atoms with van der Waals surface area (Å²) in [5.74, 6) is 0.00926. The van der Waals surface area contributed by atoms with Gasteiger partial charge < -0.3 is 9.92 Å². The van der Waals surface area contributed by atoms with Crippen LogP contribution < -0.4 is 15.3 Å². The summed E-state index contributed by atoms with van der Waals surface area (Å²) in [6.07, 6.45) is 1.18. The molecule has 2 aromatic rings. The van der Waals surface area contributed by atoms with Crippen molar-refractivity contribution in [1.82, 2.24) is 5.43 Å². The van der Waals surface area contributed by atoms with E-state index in [1.54, 1.807) is 12.1 Å². The lowest BCUT2D eigenvalue weighted by Crippen LogP contribution is -2.24. The molecule has 2 amide bonds. The molecule has 0 aliphatic rings. The third-order valence-electron chi connectivity index (χ3n) is 2.86. The van der Waals surface area contributed by atoms with Gasteiger partial charge in [0.2, 0.25) is 0 Å². The zero-order chi connectivity index (χ0) is 17.7. The molecule has 0 atom stereocenters. The van der Waals surface area contributed by atoms with E-state index in [0.717, 1.165) is 5.56 Å². The van der Waals surface area contributed by atoms with Crippen LogP contribution in [-0.2, 0) is 10.1 Å². The molecular formula is C15H14ClN3O4S. The number of urea groups is 1. The lowest BCUT2D eigenvalue weighted by molar-refractivity contribution is 0.249. The standard InChI is InChI=1S/C15H14ClN3O4S/c1-10-2-5-13(6-3-10)24(21,22)23-14-7-4-12(16)8-11(14)9-18-19-15(17)20/h2-9H,1H3,(H3,17,19,20). The van der Waals surface area contributed by atoms with Crippen molar-refractivity contribution >= 4 is 34.0 Å². The summed E-state index contributed by atoms with van der Waals surface area (Å²) in [5, 5.41) is 3.92. The minimum Gasteiger partial charge on any atom is -0.378 e. The van der Waals surface area contributed by atoms with E-state index in [4.69, 9.17) is 21.5 Å². The number of carbonyl (C=O) groups is 1. The van der Waals surface area contributed by atoms with Crippen LogP contribution in [0.1, 0.15) is 11.1 Å². The van der Waals surface area contributed by atoms with E-state index in [0.29, 0.717) is 5.02 Å². The zero-order valence-corrected chi connectivity index (χ0v) is 14.1. The molecule has 0 radical (unpaired) electrons. The highest BCUT2D eigenvalue weighted by molar-refractivity contribution is 7.87. The molecule has 0 aliphatic heterocycles. The maximum Gasteiger partial charge on any atom is 0.339 e. The third-order valence-corrected chi connectivity index (χ3v) is 4.34. The van der Waals surface area contributed by atoms with Gasteiger partial charge in [-0.3, -0.25) is 0 Å². The highest BCUT2D eigenvalue weighted by Gasteiger charge is 2.18. The zero-order valence-electron chi connectivity index (χ0n) is 12.6. The average Bonchev–Trinajstić information content (AvgIpc) is 2.50. The van der Waals surface area contributed by atoms with Gasteiger partial charge in [-0.1, -0.05) is 29.3 Å². The molecule has 2 aromatic carbocycles. The number of primary amides is 1. The van der Waals surface area contributed by atoms with Crippen molar-refractivity contribution in [2.24, 2.45) is 10.8 Å². The van der Waals surface area contributed by atoms with E-state index in [1.165, 1.54) is 36.5 Å². The largest absolute Gasteiger partial charge is 0.378 e. The fourth-order valence-electron chi connectivity index (χ4n) is 1.73. The monoisotopic (exact) mass is 367 g/mol. The normalized spacial score (nSPS) is 11.4. The number of amides is 2. The molecule has 0 unspecified atom stereocenters. The van der Waals surface area contributed by atoms with Gasteiger partial charge in [0.25, 0.3) is 0 Å². The maximum atomic E-state index is 12.3. The molecular weight excluding hydrogens is 354 g/mol. The second kappa shape index (κ2) is 7.33. The van der Waals surface area contributed by atoms with Crippen LogP contribution in [0, 0.1) is 6.92 Å². The van der Waals surface area contributed by atoms with Crippen LogP contribution in [0.5, 0.6) is 5.75 Å². The van der Waals surface area contributed by atoms with Crippen molar-refractivity contribution in [3.8, 4) is 5.75 Å². The van der Waals surface area contributed by atoms with Crippen LogP contribution in [-0.4, -0.2) is 20.7 Å². The van der Waals surface area contributed by atoms with Crippen LogP contribution in [0.4, 0.5) is 4.79 Å². The number of benzene rings is 2. The van der Waals surface area contributed by atoms with Crippen LogP contribution in [0.15, 0.2) is 52.5 Å². The first kappa shape index (κ1) is 17.8. The molecule has 0 heterocycles. The number of aryl methyl sites for hydroxylation is 1. The molecule has 3 N–H and O–H groups in total. The number of hydrogen-bond acceptors (Lipinski definition) is 5. The number of carbonyl (C=O) groups excluding carboxylic acids is 1. The molecule has 24 heavy (non-hydrogen) atoms. The van der Waals surface area contributed by atoms with Crippen LogP contribution in [0.3, 0.4) is 0 Å². The Hall–Kier alpha value is -2.58. The molecule has 2 rings (SSSR count). The lowest BCUT2D eigenvalue weighted by atomic mass is 10.2. The van der Waals surface area contributed by atoms with Gasteiger partial charge in [0, 0.05) is 10.6 Å². The Bertz CT molecular complexity index is 880. The summed E-state index contributed by atoms with van der Waals surface area (Å²) in [6, 6.07) is 9.66. The second-order valence-electron chi connectivity index (χ2n) is 4.77. The Morgan fingerprint density at radius 2 is 1.92 bits per heavy atom. The summed E-state index contributed by atoms with van der Waals surface area (Å²) in [5.41, 5.74) is 8.08. The van der Waals surface area contributed by atoms with Crippen molar-refractivity contribution in [3.63, 3.8) is 0 Å². The number of hydrogen-bond donors (Lipinski definition) is 2. The van der Waals surface area contributed by atoms with Gasteiger partial charge in [0.15, 0.2) is 5.75 Å². The van der Waals surface area contributed by atoms with Crippen molar-refractivity contribution in [2.75, 3.05) is 0 Å². The SMILES string of the molecule is Cc1ccc(S(=O)(=O)Oc2ccc(Cl)cc2C=NNC(N)=O)cc1. The molecule has 9 heteroatoms. The van der Waals surface area contributed by atoms with Crippen molar-refractivity contribution in [1.29, 1.82) is 0 Å². The van der Waals surface area contributed by atoms with E-state index >= 15 is 0 Å². The minimum atomic E-state index is -4.02. The summed E-state index contributed by atoms with van der Waals surface area (Å²) in [6.45, 7) is 1.84. The Balaban J connectivity index is 2.33. The Kier molecular flexibility index (Phi) is 5.42. The molecule has 7 nitrogen and oxygen atoms in total. The van der Waals surface area contributed by atoms with Gasteiger partial charge >= 0.3 is 16.1 Å². The highest BCUT2D eigenvalue weighted by Crippen LogP contribution is 2.25. The molecule has 0 saturated heterocycles. The number of nitrogens with one attached hydrogen (secondary N) is 1. The molecule has 0 aromatic heterocycles. The summed E-state index contributed by atoms with van der Waals surface area (Å²) < 4.78 is 29.8. The van der Waals surface area contributed by atoms with E-state index < -0.39 is 16.1 Å². The van der Waals surface area contributed by atoms with Crippen LogP contribution in [0.25, 0.3) is 0 Å². The van der Waals surface area contributed by atoms with Gasteiger partial charge in [0.05, 0.1) is 6.21 Å². The fourth-order valence-corrected chi connectivity index (χ4v) is 2.87. The van der Waals surface area contributed by atoms with Crippen molar-refractivity contribution in [2.45, 2.75) is 11.8 Å². The molecule has 0 saturated carbocycles. The molecule has 0 bridgehead atoms. The minimum absolute atomic E-state index is 0.00926. The van der Waals surface area contributed by atoms with Gasteiger partial charge in [0.1, 0.15) is 4.90 Å². The highest BCUT2D eigenvalue weighted by atomic mass is 35.5. The van der Waals surface area contributed by atoms with E-state index in [9.17, 15) is 13.2 Å². The summed E-state index contributed by atoms with van der Waals surface area (Å²) in [4.78, 5) is 10.6. The molecule has 126 valence electrons. The second-order valence-corrected chi connectivity index (χ2v) is 6.75. The maximum absolute atomic E-state index is 12.3. The smallest absolute Gasteiger partial charge is 0.339 e. The summed E-state index contributed by atoms with van der Waals surface area (Å²) >= 11 is 5.89. The molecule has 0 aliphatic carbocycles. The Morgan fingerprint density at radius 1 is 1.25 bits per heavy atom. The fraction of sp³-hybridized carbons (Fsp3) is 0.0667. The quantitative estimate of drug-likeness (QED) is 0.480. The number of nitrogens with two attached hydrogens (primary N) is 1. The predicted molar refractivity (Wildman–Crippen MR) is 90.8 cm³/mol. The first-order chi connectivity index (χ1) is 11.3. The molecule has 0 spiro atoms. The van der Waals surface area contributed by atoms with Crippen molar-refractivity contribution < 1.29 is 17.4 Å². The van der Waals surface area contributed by atoms with E-state index in [1.807, 2.05) is 12.3 Å². The van der Waals surface area contributed by atoms with Gasteiger partial charge in [-0.25, -0.2) is 10.2 Å². The first-order valence-corrected chi connectivity index (χ1v) is 8.46. The summed E-state index contributed by atoms with van der Waals surface area (Å²) in [7, 11) is -4.02. The Labute approximate surface area is 144 Å². The first-order valence-electron chi connectivity index (χ1n) is 6.67. The lowest BCUT2D eigenvalue weighted by Gasteiger charge is -2.10. The number of nitrogens with zero attached hydrogens (tertiary/aromatic N) is 1. The average molecular weight is 368 g/mol. The van der Waals surface area contributed by atoms with Gasteiger partial charge in [-0.15, -0.1) is 0 Å². The van der Waals surface area contributed by atoms with Crippen molar-refractivity contribution in [3.05, 3.63) is 58.6 Å². The Morgan fingerprint density at radius 3 is 2.54 bits per heavy atom. The molecule has 0 fully saturated rings. The third kappa shape index (κ3) is 4.71. The van der Waals surface area contributed by atoms with Crippen LogP contribution in [0.2, 0.25) is 5.02 Å². The topological polar surface area (TPSA) is 111 Å². The van der Waals surface area contributed by atoms with Gasteiger partial charge in [-0.05, 0) is 37.3 Å².